The van der Waals surface area contributed by atoms with Gasteiger partial charge in [-0.05, 0) is 0 Å². The number of rotatable bonds is 4. The van der Waals surface area contributed by atoms with E-state index < -0.39 is 18.7 Å². The van der Waals surface area contributed by atoms with Crippen molar-refractivity contribution in [3.05, 3.63) is 12.2 Å². The molecule has 0 aliphatic carbocycles. The third-order valence-electron chi connectivity index (χ3n) is 0.923. The van der Waals surface area contributed by atoms with E-state index in [1.807, 2.05) is 0 Å². The van der Waals surface area contributed by atoms with E-state index in [2.05, 4.69) is 4.74 Å². The lowest BCUT2D eigenvalue weighted by atomic mass is 10.4. The van der Waals surface area contributed by atoms with Gasteiger partial charge in [-0.1, -0.05) is 0 Å². The highest BCUT2D eigenvalue weighted by Gasteiger charge is 2.04. The average molecular weight is 171 g/mol. The Balaban J connectivity index is 3.59. The Bertz CT molecular complexity index is 206. The van der Waals surface area contributed by atoms with E-state index in [1.165, 1.54) is 0 Å². The van der Waals surface area contributed by atoms with Crippen LogP contribution in [0.25, 0.3) is 0 Å². The van der Waals surface area contributed by atoms with Crippen molar-refractivity contribution in [3.63, 3.8) is 0 Å². The Kier molecular flexibility index (Phi) is 5.61. The molecule has 0 saturated carbocycles. The Labute approximate surface area is 69.5 Å². The van der Waals surface area contributed by atoms with Crippen molar-refractivity contribution < 1.29 is 19.7 Å². The second-order valence-corrected chi connectivity index (χ2v) is 1.93. The number of allylic oxidation sites excluding steroid dienone is 1. The summed E-state index contributed by atoms with van der Waals surface area (Å²) in [4.78, 5) is 10.6. The van der Waals surface area contributed by atoms with Gasteiger partial charge in [-0.15, -0.1) is 0 Å². The van der Waals surface area contributed by atoms with E-state index in [4.69, 9.17) is 15.5 Å². The van der Waals surface area contributed by atoms with Crippen LogP contribution in [-0.2, 0) is 9.53 Å². The fourth-order valence-corrected chi connectivity index (χ4v) is 0.384. The number of ether oxygens (including phenoxy) is 1. The first-order valence-corrected chi connectivity index (χ1v) is 3.22. The minimum absolute atomic E-state index is 0.273. The molecule has 0 amide bonds. The van der Waals surface area contributed by atoms with Crippen LogP contribution in [0.3, 0.4) is 0 Å². The molecule has 66 valence electrons. The van der Waals surface area contributed by atoms with Gasteiger partial charge in [0.2, 0.25) is 0 Å². The number of nitrogens with zero attached hydrogens (tertiary/aromatic N) is 1. The highest BCUT2D eigenvalue weighted by atomic mass is 16.5. The number of carbonyl (C=O) groups excluding carboxylic acids is 1. The van der Waals surface area contributed by atoms with Gasteiger partial charge in [0, 0.05) is 12.2 Å². The number of hydrogen-bond acceptors (Lipinski definition) is 5. The van der Waals surface area contributed by atoms with E-state index in [-0.39, 0.29) is 6.61 Å². The molecule has 0 saturated heterocycles. The second kappa shape index (κ2) is 6.34. The molecular formula is C7H9NO4. The summed E-state index contributed by atoms with van der Waals surface area (Å²) in [5.74, 6) is -0.718. The minimum atomic E-state index is -1.07. The lowest BCUT2D eigenvalue weighted by Crippen LogP contribution is -2.21. The predicted molar refractivity (Wildman–Crippen MR) is 38.8 cm³/mol. The van der Waals surface area contributed by atoms with Crippen LogP contribution in [0.5, 0.6) is 0 Å². The standard InChI is InChI=1S/C7H9NO4/c8-3-1-2-7(11)12-5-6(10)4-9/h1-2,6,9-10H,4-5H2. The Morgan fingerprint density at radius 2 is 2.42 bits per heavy atom. The molecule has 0 heterocycles. The van der Waals surface area contributed by atoms with Crippen molar-refractivity contribution in [1.82, 2.24) is 0 Å². The van der Waals surface area contributed by atoms with Crippen LogP contribution in [0.1, 0.15) is 0 Å². The number of aliphatic hydroxyl groups excluding tert-OH is 2. The molecule has 0 bridgehead atoms. The van der Waals surface area contributed by atoms with Crippen molar-refractivity contribution in [3.8, 4) is 6.07 Å². The van der Waals surface area contributed by atoms with Gasteiger partial charge < -0.3 is 14.9 Å². The van der Waals surface area contributed by atoms with Crippen molar-refractivity contribution in [2.24, 2.45) is 0 Å². The zero-order chi connectivity index (χ0) is 9.40. The molecule has 0 aromatic rings. The van der Waals surface area contributed by atoms with Crippen molar-refractivity contribution in [2.45, 2.75) is 6.10 Å². The molecule has 1 unspecified atom stereocenters. The van der Waals surface area contributed by atoms with Crippen LogP contribution in [-0.4, -0.2) is 35.5 Å². The van der Waals surface area contributed by atoms with Crippen LogP contribution in [0, 0.1) is 11.3 Å². The SMILES string of the molecule is N#CC=CC(=O)OCC(O)CO. The maximum atomic E-state index is 10.6. The normalized spacial score (nSPS) is 12.4. The number of hydrogen-bond donors (Lipinski definition) is 2. The Morgan fingerprint density at radius 1 is 1.75 bits per heavy atom. The molecular weight excluding hydrogens is 162 g/mol. The van der Waals surface area contributed by atoms with E-state index in [0.717, 1.165) is 12.2 Å². The zero-order valence-corrected chi connectivity index (χ0v) is 6.30. The molecule has 0 radical (unpaired) electrons. The highest BCUT2D eigenvalue weighted by Crippen LogP contribution is 1.86. The van der Waals surface area contributed by atoms with Gasteiger partial charge in [-0.3, -0.25) is 0 Å². The second-order valence-electron chi connectivity index (χ2n) is 1.93. The monoisotopic (exact) mass is 171 g/mol. The van der Waals surface area contributed by atoms with Crippen LogP contribution >= 0.6 is 0 Å². The molecule has 5 nitrogen and oxygen atoms in total. The predicted octanol–water partition coefficient (Wildman–Crippen LogP) is -1.04. The molecule has 0 fully saturated rings. The van der Waals surface area contributed by atoms with Crippen molar-refractivity contribution in [1.29, 1.82) is 5.26 Å². The van der Waals surface area contributed by atoms with E-state index in [9.17, 15) is 4.79 Å². The first kappa shape index (κ1) is 10.6. The number of nitriles is 1. The highest BCUT2D eigenvalue weighted by molar-refractivity contribution is 5.82. The smallest absolute Gasteiger partial charge is 0.331 e. The molecule has 0 spiro atoms. The Morgan fingerprint density at radius 3 is 2.92 bits per heavy atom. The topological polar surface area (TPSA) is 90.6 Å². The third-order valence-corrected chi connectivity index (χ3v) is 0.923. The largest absolute Gasteiger partial charge is 0.460 e. The summed E-state index contributed by atoms with van der Waals surface area (Å²) in [6.45, 7) is -0.736. The first-order chi connectivity index (χ1) is 5.70. The van der Waals surface area contributed by atoms with Gasteiger partial charge in [0.25, 0.3) is 0 Å². The summed E-state index contributed by atoms with van der Waals surface area (Å²) in [7, 11) is 0. The molecule has 0 aromatic carbocycles. The van der Waals surface area contributed by atoms with Gasteiger partial charge in [-0.2, -0.15) is 5.26 Å². The van der Waals surface area contributed by atoms with Crippen LogP contribution in [0.2, 0.25) is 0 Å². The first-order valence-electron chi connectivity index (χ1n) is 3.22. The van der Waals surface area contributed by atoms with Gasteiger partial charge in [-0.25, -0.2) is 4.79 Å². The maximum absolute atomic E-state index is 10.6. The number of aliphatic hydroxyl groups is 2. The molecule has 12 heavy (non-hydrogen) atoms. The number of esters is 1. The molecule has 2 N–H and O–H groups in total. The van der Waals surface area contributed by atoms with Gasteiger partial charge in [0.15, 0.2) is 0 Å². The lowest BCUT2D eigenvalue weighted by molar-refractivity contribution is -0.141. The molecule has 5 heteroatoms. The van der Waals surface area contributed by atoms with Gasteiger partial charge in [0.1, 0.15) is 12.7 Å². The van der Waals surface area contributed by atoms with Crippen LogP contribution < -0.4 is 0 Å². The average Bonchev–Trinajstić information content (AvgIpc) is 2.10. The van der Waals surface area contributed by atoms with Crippen LogP contribution in [0.15, 0.2) is 12.2 Å². The minimum Gasteiger partial charge on any atom is -0.460 e. The lowest BCUT2D eigenvalue weighted by Gasteiger charge is -2.05. The summed E-state index contributed by atoms with van der Waals surface area (Å²) in [5, 5.41) is 25.0. The van der Waals surface area contributed by atoms with E-state index >= 15 is 0 Å². The molecule has 1 atom stereocenters. The molecule has 0 rings (SSSR count). The van der Waals surface area contributed by atoms with Crippen molar-refractivity contribution >= 4 is 5.97 Å². The maximum Gasteiger partial charge on any atom is 0.331 e. The summed E-state index contributed by atoms with van der Waals surface area (Å²) >= 11 is 0. The van der Waals surface area contributed by atoms with Crippen LogP contribution in [0.4, 0.5) is 0 Å². The van der Waals surface area contributed by atoms with Gasteiger partial charge in [0.05, 0.1) is 12.7 Å². The van der Waals surface area contributed by atoms with E-state index in [0.29, 0.717) is 0 Å². The third kappa shape index (κ3) is 5.41. The fourth-order valence-electron chi connectivity index (χ4n) is 0.384. The summed E-state index contributed by atoms with van der Waals surface area (Å²) < 4.78 is 4.41. The fraction of sp³-hybridized carbons (Fsp3) is 0.429. The van der Waals surface area contributed by atoms with E-state index in [1.54, 1.807) is 6.07 Å². The summed E-state index contributed by atoms with van der Waals surface area (Å²) in [5.41, 5.74) is 0. The quantitative estimate of drug-likeness (QED) is 0.320. The summed E-state index contributed by atoms with van der Waals surface area (Å²) in [6.07, 6.45) is 0.835. The van der Waals surface area contributed by atoms with Gasteiger partial charge >= 0.3 is 5.97 Å². The zero-order valence-electron chi connectivity index (χ0n) is 6.30. The number of carbonyl (C=O) groups is 1. The molecule has 0 aliphatic heterocycles. The Hall–Kier alpha value is -1.38. The molecule has 0 aliphatic rings. The summed E-state index contributed by atoms with van der Waals surface area (Å²) in [6, 6.07) is 1.61. The molecule has 0 aromatic heterocycles. The van der Waals surface area contributed by atoms with Crippen molar-refractivity contribution in [2.75, 3.05) is 13.2 Å².